The third-order valence-electron chi connectivity index (χ3n) is 5.56. The van der Waals surface area contributed by atoms with Gasteiger partial charge in [-0.15, -0.1) is 0 Å². The first kappa shape index (κ1) is 25.0. The van der Waals surface area contributed by atoms with Crippen molar-refractivity contribution in [3.8, 4) is 0 Å². The highest BCUT2D eigenvalue weighted by Crippen LogP contribution is 2.30. The predicted molar refractivity (Wildman–Crippen MR) is 138 cm³/mol. The van der Waals surface area contributed by atoms with E-state index in [-0.39, 0.29) is 27.7 Å². The fourth-order valence-electron chi connectivity index (χ4n) is 3.82. The molecule has 1 aromatic heterocycles. The molecular weight excluding hydrogens is 515 g/mol. The summed E-state index contributed by atoms with van der Waals surface area (Å²) in [6.45, 7) is 1.29. The second kappa shape index (κ2) is 10.7. The largest absolute Gasteiger partial charge is 0.481 e. The number of hydrogen-bond acceptors (Lipinski definition) is 8. The van der Waals surface area contributed by atoms with Crippen LogP contribution in [-0.2, 0) is 4.79 Å². The number of aliphatic carboxylic acids is 1. The van der Waals surface area contributed by atoms with Gasteiger partial charge in [-0.2, -0.15) is 11.8 Å². The molecule has 1 atom stereocenters. The standard InChI is InChI=1S/C23H20Cl2N4O5S/c24-14-10-26-11-15(25)18(14)23(34)27-13-3-1-12(2-4-13)16(9-17(30)31)28-19-20(22(33)21(19)32)29-5-7-35-8-6-29/h1-4,10-11,16,28H,5-9H2,(H,27,34)(H,30,31). The SMILES string of the molecule is O=C(O)CC(Nc1c(N2CCSCC2)c(=O)c1=O)c1ccc(NC(=O)c2c(Cl)cncc2Cl)cc1. The maximum Gasteiger partial charge on any atom is 0.305 e. The Labute approximate surface area is 214 Å². The van der Waals surface area contributed by atoms with Crippen LogP contribution in [0.4, 0.5) is 17.1 Å². The Kier molecular flexibility index (Phi) is 7.63. The zero-order chi connectivity index (χ0) is 25.1. The van der Waals surface area contributed by atoms with E-state index in [1.54, 1.807) is 36.0 Å². The molecule has 1 unspecified atom stereocenters. The highest BCUT2D eigenvalue weighted by molar-refractivity contribution is 7.99. The number of nitrogens with zero attached hydrogens (tertiary/aromatic N) is 2. The first-order valence-corrected chi connectivity index (χ1v) is 12.5. The van der Waals surface area contributed by atoms with E-state index in [1.807, 2.05) is 4.90 Å². The second-order valence-corrected chi connectivity index (χ2v) is 9.87. The van der Waals surface area contributed by atoms with Gasteiger partial charge in [-0.3, -0.25) is 24.2 Å². The third-order valence-corrected chi connectivity index (χ3v) is 7.08. The Balaban J connectivity index is 1.54. The molecule has 0 spiro atoms. The van der Waals surface area contributed by atoms with Crippen molar-refractivity contribution in [1.29, 1.82) is 0 Å². The summed E-state index contributed by atoms with van der Waals surface area (Å²) in [6, 6.07) is 5.70. The smallest absolute Gasteiger partial charge is 0.305 e. The topological polar surface area (TPSA) is 129 Å². The molecule has 1 aliphatic rings. The van der Waals surface area contributed by atoms with Crippen LogP contribution in [-0.4, -0.2) is 46.6 Å². The molecule has 2 heterocycles. The van der Waals surface area contributed by atoms with Gasteiger partial charge in [-0.05, 0) is 17.7 Å². The van der Waals surface area contributed by atoms with Gasteiger partial charge in [-0.25, -0.2) is 0 Å². The van der Waals surface area contributed by atoms with Crippen LogP contribution in [0.3, 0.4) is 0 Å². The van der Waals surface area contributed by atoms with E-state index in [4.69, 9.17) is 23.2 Å². The van der Waals surface area contributed by atoms with Crippen LogP contribution in [0, 0.1) is 0 Å². The number of amides is 1. The first-order chi connectivity index (χ1) is 16.8. The molecule has 9 nitrogen and oxygen atoms in total. The molecule has 0 radical (unpaired) electrons. The average Bonchev–Trinajstić information content (AvgIpc) is 2.83. The summed E-state index contributed by atoms with van der Waals surface area (Å²) in [6.07, 6.45) is 2.31. The summed E-state index contributed by atoms with van der Waals surface area (Å²) in [5.41, 5.74) is 0.342. The lowest BCUT2D eigenvalue weighted by molar-refractivity contribution is -0.137. The van der Waals surface area contributed by atoms with Gasteiger partial charge in [0.05, 0.1) is 28.1 Å². The molecule has 1 saturated heterocycles. The number of carbonyl (C=O) groups excluding carboxylic acids is 1. The molecule has 1 fully saturated rings. The molecule has 1 aliphatic heterocycles. The Morgan fingerprint density at radius 2 is 1.69 bits per heavy atom. The molecule has 3 N–H and O–H groups in total. The highest BCUT2D eigenvalue weighted by Gasteiger charge is 2.29. The van der Waals surface area contributed by atoms with Gasteiger partial charge in [0.25, 0.3) is 16.8 Å². The van der Waals surface area contributed by atoms with Crippen molar-refractivity contribution in [2.75, 3.05) is 40.1 Å². The number of anilines is 3. The Morgan fingerprint density at radius 1 is 1.06 bits per heavy atom. The van der Waals surface area contributed by atoms with Gasteiger partial charge in [0, 0.05) is 42.7 Å². The first-order valence-electron chi connectivity index (χ1n) is 10.6. The number of carboxylic acid groups (broad SMARTS) is 1. The zero-order valence-electron chi connectivity index (χ0n) is 18.2. The van der Waals surface area contributed by atoms with E-state index < -0.39 is 28.8 Å². The molecule has 35 heavy (non-hydrogen) atoms. The van der Waals surface area contributed by atoms with Gasteiger partial charge in [0.1, 0.15) is 11.4 Å². The number of hydrogen-bond donors (Lipinski definition) is 3. The van der Waals surface area contributed by atoms with E-state index >= 15 is 0 Å². The number of carboxylic acids is 1. The highest BCUT2D eigenvalue weighted by atomic mass is 35.5. The summed E-state index contributed by atoms with van der Waals surface area (Å²) in [5, 5.41) is 15.3. The third kappa shape index (κ3) is 5.44. The monoisotopic (exact) mass is 534 g/mol. The van der Waals surface area contributed by atoms with Crippen molar-refractivity contribution in [2.24, 2.45) is 0 Å². The lowest BCUT2D eigenvalue weighted by atomic mass is 10.0. The Bertz CT molecular complexity index is 1310. The van der Waals surface area contributed by atoms with Crippen molar-refractivity contribution < 1.29 is 14.7 Å². The van der Waals surface area contributed by atoms with Crippen molar-refractivity contribution >= 4 is 63.9 Å². The number of rotatable bonds is 8. The van der Waals surface area contributed by atoms with Crippen molar-refractivity contribution in [1.82, 2.24) is 4.98 Å². The van der Waals surface area contributed by atoms with E-state index in [2.05, 4.69) is 15.6 Å². The van der Waals surface area contributed by atoms with Gasteiger partial charge < -0.3 is 20.6 Å². The summed E-state index contributed by atoms with van der Waals surface area (Å²) >= 11 is 13.8. The molecule has 182 valence electrons. The minimum Gasteiger partial charge on any atom is -0.481 e. The predicted octanol–water partition coefficient (Wildman–Crippen LogP) is 3.42. The molecule has 12 heteroatoms. The minimum atomic E-state index is -1.07. The molecule has 1 amide bonds. The van der Waals surface area contributed by atoms with E-state index in [0.717, 1.165) is 11.5 Å². The maximum absolute atomic E-state index is 12.6. The molecule has 0 saturated carbocycles. The molecule has 4 rings (SSSR count). The van der Waals surface area contributed by atoms with E-state index in [1.165, 1.54) is 12.4 Å². The van der Waals surface area contributed by atoms with Gasteiger partial charge in [0.15, 0.2) is 0 Å². The fraction of sp³-hybridized carbons (Fsp3) is 0.261. The van der Waals surface area contributed by atoms with Gasteiger partial charge in [-0.1, -0.05) is 35.3 Å². The molecule has 0 bridgehead atoms. The maximum atomic E-state index is 12.6. The van der Waals surface area contributed by atoms with Crippen LogP contribution >= 0.6 is 35.0 Å². The van der Waals surface area contributed by atoms with Crippen LogP contribution in [0.25, 0.3) is 0 Å². The van der Waals surface area contributed by atoms with Gasteiger partial charge in [0.2, 0.25) is 0 Å². The van der Waals surface area contributed by atoms with Crippen molar-refractivity contribution in [3.63, 3.8) is 0 Å². The van der Waals surface area contributed by atoms with Crippen molar-refractivity contribution in [2.45, 2.75) is 12.5 Å². The number of nitrogens with one attached hydrogen (secondary N) is 2. The average molecular weight is 535 g/mol. The molecule has 0 aliphatic carbocycles. The summed E-state index contributed by atoms with van der Waals surface area (Å²) < 4.78 is 0. The molecule has 2 aromatic carbocycles. The summed E-state index contributed by atoms with van der Waals surface area (Å²) in [4.78, 5) is 54.4. The van der Waals surface area contributed by atoms with Crippen LogP contribution in [0.5, 0.6) is 0 Å². The Hall–Kier alpha value is -3.08. The summed E-state index contributed by atoms with van der Waals surface area (Å²) in [7, 11) is 0. The van der Waals surface area contributed by atoms with Crippen LogP contribution < -0.4 is 26.4 Å². The number of halogens is 2. The minimum absolute atomic E-state index is 0.0848. The Morgan fingerprint density at radius 3 is 2.29 bits per heavy atom. The summed E-state index contributed by atoms with van der Waals surface area (Å²) in [5.74, 6) is 0.0969. The number of aromatic nitrogens is 1. The van der Waals surface area contributed by atoms with Crippen LogP contribution in [0.15, 0.2) is 46.2 Å². The number of carbonyl (C=O) groups is 2. The number of pyridine rings is 1. The normalized spacial score (nSPS) is 14.5. The molecular formula is C23H20Cl2N4O5S. The van der Waals surface area contributed by atoms with Crippen LogP contribution in [0.1, 0.15) is 28.4 Å². The number of benzene rings is 1. The lowest BCUT2D eigenvalue weighted by Gasteiger charge is -2.31. The number of thioether (sulfide) groups is 1. The van der Waals surface area contributed by atoms with Gasteiger partial charge >= 0.3 is 5.97 Å². The molecule has 3 aromatic rings. The quantitative estimate of drug-likeness (QED) is 0.372. The fourth-order valence-corrected chi connectivity index (χ4v) is 5.26. The zero-order valence-corrected chi connectivity index (χ0v) is 20.5. The van der Waals surface area contributed by atoms with E-state index in [9.17, 15) is 24.3 Å². The lowest BCUT2D eigenvalue weighted by Crippen LogP contribution is -2.46. The van der Waals surface area contributed by atoms with Crippen molar-refractivity contribution in [3.05, 3.63) is 78.3 Å². The van der Waals surface area contributed by atoms with E-state index in [0.29, 0.717) is 30.0 Å². The second-order valence-electron chi connectivity index (χ2n) is 7.83. The van der Waals surface area contributed by atoms with Crippen LogP contribution in [0.2, 0.25) is 10.0 Å².